The van der Waals surface area contributed by atoms with Gasteiger partial charge in [0.05, 0.1) is 0 Å². The Morgan fingerprint density at radius 2 is 2.18 bits per heavy atom. The van der Waals surface area contributed by atoms with Gasteiger partial charge in [-0.1, -0.05) is 30.4 Å². The fourth-order valence-electron chi connectivity index (χ4n) is 2.08. The van der Waals surface area contributed by atoms with Crippen LogP contribution in [0, 0.1) is 0 Å². The van der Waals surface area contributed by atoms with E-state index in [9.17, 15) is 8.78 Å². The molecule has 1 aromatic rings. The summed E-state index contributed by atoms with van der Waals surface area (Å²) >= 11 is 0. The van der Waals surface area contributed by atoms with E-state index >= 15 is 0 Å². The highest BCUT2D eigenvalue weighted by molar-refractivity contribution is 5.24. The van der Waals surface area contributed by atoms with E-state index in [2.05, 4.69) is 17.5 Å². The molecule has 1 nitrogen and oxygen atoms in total. The van der Waals surface area contributed by atoms with E-state index in [1.165, 1.54) is 6.07 Å². The largest absolute Gasteiger partial charge is 0.310 e. The topological polar surface area (TPSA) is 12.0 Å². The van der Waals surface area contributed by atoms with Gasteiger partial charge in [-0.3, -0.25) is 0 Å². The quantitative estimate of drug-likeness (QED) is 0.785. The van der Waals surface area contributed by atoms with Crippen LogP contribution in [-0.4, -0.2) is 6.04 Å². The summed E-state index contributed by atoms with van der Waals surface area (Å²) in [7, 11) is 0. The zero-order valence-corrected chi connectivity index (χ0v) is 9.70. The van der Waals surface area contributed by atoms with Crippen LogP contribution in [0.2, 0.25) is 0 Å². The van der Waals surface area contributed by atoms with Gasteiger partial charge in [-0.25, -0.2) is 8.78 Å². The summed E-state index contributed by atoms with van der Waals surface area (Å²) in [4.78, 5) is 0. The summed E-state index contributed by atoms with van der Waals surface area (Å²) in [5.74, 6) is 0. The number of nitrogens with one attached hydrogen (secondary N) is 1. The number of hydrogen-bond acceptors (Lipinski definition) is 1. The number of alkyl halides is 2. The predicted molar refractivity (Wildman–Crippen MR) is 65.0 cm³/mol. The second-order valence-electron chi connectivity index (χ2n) is 4.41. The smallest absolute Gasteiger partial charge is 0.263 e. The van der Waals surface area contributed by atoms with E-state index in [0.29, 0.717) is 12.6 Å². The molecule has 1 aliphatic carbocycles. The van der Waals surface area contributed by atoms with Gasteiger partial charge in [0.2, 0.25) is 0 Å². The van der Waals surface area contributed by atoms with Crippen molar-refractivity contribution in [3.05, 3.63) is 47.5 Å². The van der Waals surface area contributed by atoms with Crippen molar-refractivity contribution in [1.82, 2.24) is 5.32 Å². The van der Waals surface area contributed by atoms with Crippen molar-refractivity contribution in [3.8, 4) is 0 Å². The Morgan fingerprint density at radius 3 is 2.88 bits per heavy atom. The molecule has 92 valence electrons. The highest BCUT2D eigenvalue weighted by atomic mass is 19.3. The first kappa shape index (κ1) is 12.2. The molecule has 3 heteroatoms. The summed E-state index contributed by atoms with van der Waals surface area (Å²) in [6, 6.07) is 7.11. The van der Waals surface area contributed by atoms with Crippen molar-refractivity contribution in [2.75, 3.05) is 0 Å². The van der Waals surface area contributed by atoms with E-state index < -0.39 is 6.43 Å². The van der Waals surface area contributed by atoms with Crippen LogP contribution in [0.5, 0.6) is 0 Å². The van der Waals surface area contributed by atoms with Gasteiger partial charge in [0, 0.05) is 18.2 Å². The third-order valence-corrected chi connectivity index (χ3v) is 3.07. The maximum Gasteiger partial charge on any atom is 0.263 e. The first-order valence-corrected chi connectivity index (χ1v) is 6.01. The molecule has 0 spiro atoms. The molecular formula is C14H17F2N. The average molecular weight is 237 g/mol. The monoisotopic (exact) mass is 237 g/mol. The van der Waals surface area contributed by atoms with Gasteiger partial charge < -0.3 is 5.32 Å². The van der Waals surface area contributed by atoms with Crippen molar-refractivity contribution >= 4 is 0 Å². The minimum Gasteiger partial charge on any atom is -0.310 e. The predicted octanol–water partition coefficient (Wildman–Crippen LogP) is 3.82. The molecule has 0 radical (unpaired) electrons. The Kier molecular flexibility index (Phi) is 4.26. The zero-order chi connectivity index (χ0) is 12.1. The second kappa shape index (κ2) is 5.92. The van der Waals surface area contributed by atoms with Crippen molar-refractivity contribution in [1.29, 1.82) is 0 Å². The maximum atomic E-state index is 12.5. The molecule has 0 aliphatic heterocycles. The molecule has 0 heterocycles. The molecule has 0 fully saturated rings. The van der Waals surface area contributed by atoms with Crippen LogP contribution in [0.15, 0.2) is 36.4 Å². The highest BCUT2D eigenvalue weighted by Crippen LogP contribution is 2.19. The van der Waals surface area contributed by atoms with Crippen molar-refractivity contribution in [2.24, 2.45) is 0 Å². The highest BCUT2D eigenvalue weighted by Gasteiger charge is 2.10. The first-order chi connectivity index (χ1) is 8.25. The first-order valence-electron chi connectivity index (χ1n) is 6.01. The Hall–Kier alpha value is -1.22. The van der Waals surface area contributed by atoms with Gasteiger partial charge in [-0.05, 0) is 30.9 Å². The van der Waals surface area contributed by atoms with Gasteiger partial charge >= 0.3 is 0 Å². The van der Waals surface area contributed by atoms with Gasteiger partial charge in [-0.15, -0.1) is 0 Å². The Bertz CT molecular complexity index is 388. The van der Waals surface area contributed by atoms with Crippen molar-refractivity contribution < 1.29 is 8.78 Å². The van der Waals surface area contributed by atoms with Crippen molar-refractivity contribution in [2.45, 2.75) is 38.3 Å². The molecule has 0 amide bonds. The molecule has 1 aromatic carbocycles. The van der Waals surface area contributed by atoms with E-state index in [-0.39, 0.29) is 5.56 Å². The van der Waals surface area contributed by atoms with Crippen LogP contribution in [0.25, 0.3) is 0 Å². The van der Waals surface area contributed by atoms with E-state index in [0.717, 1.165) is 24.8 Å². The molecule has 0 aromatic heterocycles. The lowest BCUT2D eigenvalue weighted by atomic mass is 10.0. The SMILES string of the molecule is FC(F)c1cccc(CNC2CC=CCC2)c1. The summed E-state index contributed by atoms with van der Waals surface area (Å²) < 4.78 is 25.0. The molecule has 0 saturated carbocycles. The molecule has 1 aliphatic rings. The van der Waals surface area contributed by atoms with Crippen LogP contribution in [0.4, 0.5) is 8.78 Å². The number of halogens is 2. The zero-order valence-electron chi connectivity index (χ0n) is 9.70. The summed E-state index contributed by atoms with van der Waals surface area (Å²) in [5, 5.41) is 3.41. The number of allylic oxidation sites excluding steroid dienone is 1. The molecular weight excluding hydrogens is 220 g/mol. The Balaban J connectivity index is 1.90. The lowest BCUT2D eigenvalue weighted by molar-refractivity contribution is 0.151. The molecule has 0 saturated heterocycles. The number of rotatable bonds is 4. The lowest BCUT2D eigenvalue weighted by Crippen LogP contribution is -2.29. The van der Waals surface area contributed by atoms with Crippen LogP contribution in [-0.2, 0) is 6.54 Å². The van der Waals surface area contributed by atoms with Gasteiger partial charge in [0.1, 0.15) is 0 Å². The Morgan fingerprint density at radius 1 is 1.29 bits per heavy atom. The minimum atomic E-state index is -2.38. The van der Waals surface area contributed by atoms with Crippen LogP contribution in [0.1, 0.15) is 36.8 Å². The third kappa shape index (κ3) is 3.63. The minimum absolute atomic E-state index is 0.104. The molecule has 1 unspecified atom stereocenters. The van der Waals surface area contributed by atoms with Crippen molar-refractivity contribution in [3.63, 3.8) is 0 Å². The summed E-state index contributed by atoms with van der Waals surface area (Å²) in [6.07, 6.45) is 5.26. The summed E-state index contributed by atoms with van der Waals surface area (Å²) in [6.45, 7) is 0.666. The second-order valence-corrected chi connectivity index (χ2v) is 4.41. The molecule has 1 atom stereocenters. The fraction of sp³-hybridized carbons (Fsp3) is 0.429. The average Bonchev–Trinajstić information content (AvgIpc) is 2.38. The van der Waals surface area contributed by atoms with Crippen LogP contribution >= 0.6 is 0 Å². The van der Waals surface area contributed by atoms with E-state index in [1.54, 1.807) is 12.1 Å². The summed E-state index contributed by atoms with van der Waals surface area (Å²) in [5.41, 5.74) is 1.03. The molecule has 1 N–H and O–H groups in total. The van der Waals surface area contributed by atoms with Crippen LogP contribution < -0.4 is 5.32 Å². The maximum absolute atomic E-state index is 12.5. The molecule has 17 heavy (non-hydrogen) atoms. The van der Waals surface area contributed by atoms with Crippen LogP contribution in [0.3, 0.4) is 0 Å². The van der Waals surface area contributed by atoms with Gasteiger partial charge in [-0.2, -0.15) is 0 Å². The molecule has 0 bridgehead atoms. The molecule has 2 rings (SSSR count). The standard InChI is InChI=1S/C14H17F2N/c15-14(16)12-6-4-5-11(9-12)10-17-13-7-2-1-3-8-13/h1-2,4-6,9,13-14,17H,3,7-8,10H2. The Labute approximate surface area is 101 Å². The van der Waals surface area contributed by atoms with E-state index in [4.69, 9.17) is 0 Å². The van der Waals surface area contributed by atoms with Gasteiger partial charge in [0.15, 0.2) is 0 Å². The normalized spacial score (nSPS) is 19.8. The van der Waals surface area contributed by atoms with E-state index in [1.807, 2.05) is 6.07 Å². The third-order valence-electron chi connectivity index (χ3n) is 3.07. The fourth-order valence-corrected chi connectivity index (χ4v) is 2.08. The van der Waals surface area contributed by atoms with Gasteiger partial charge in [0.25, 0.3) is 6.43 Å². The number of hydrogen-bond donors (Lipinski definition) is 1. The lowest BCUT2D eigenvalue weighted by Gasteiger charge is -2.19. The number of benzene rings is 1.